The number of sulfone groups is 1. The van der Waals surface area contributed by atoms with Crippen LogP contribution in [0, 0.1) is 5.41 Å². The predicted octanol–water partition coefficient (Wildman–Crippen LogP) is 1.34. The molecule has 5 N–H and O–H groups in total. The maximum Gasteiger partial charge on any atom is 0.258 e. The van der Waals surface area contributed by atoms with Crippen molar-refractivity contribution in [1.29, 1.82) is 5.41 Å². The van der Waals surface area contributed by atoms with Crippen molar-refractivity contribution in [1.82, 2.24) is 5.32 Å². The van der Waals surface area contributed by atoms with E-state index in [0.29, 0.717) is 16.9 Å². The van der Waals surface area contributed by atoms with Crippen molar-refractivity contribution in [2.75, 3.05) is 5.32 Å². The Hall–Kier alpha value is -2.87. The molecule has 0 saturated heterocycles. The first-order valence-corrected chi connectivity index (χ1v) is 8.40. The van der Waals surface area contributed by atoms with E-state index in [1.165, 1.54) is 12.1 Å². The Morgan fingerprint density at radius 3 is 2.57 bits per heavy atom. The van der Waals surface area contributed by atoms with Gasteiger partial charge in [0.25, 0.3) is 5.91 Å². The zero-order valence-electron chi connectivity index (χ0n) is 12.0. The third kappa shape index (κ3) is 2.76. The smallest absolute Gasteiger partial charge is 0.258 e. The first kappa shape index (κ1) is 15.0. The fourth-order valence-corrected chi connectivity index (χ4v) is 4.10. The van der Waals surface area contributed by atoms with Gasteiger partial charge < -0.3 is 11.1 Å². The van der Waals surface area contributed by atoms with Crippen LogP contribution >= 0.6 is 0 Å². The number of anilines is 2. The lowest BCUT2D eigenvalue weighted by molar-refractivity contribution is 0.0976. The molecular weight excluding hydrogens is 316 g/mol. The third-order valence-corrected chi connectivity index (χ3v) is 5.19. The van der Waals surface area contributed by atoms with Gasteiger partial charge in [-0.3, -0.25) is 15.5 Å². The number of amides is 1. The quantitative estimate of drug-likeness (QED) is 0.464. The molecule has 0 aliphatic carbocycles. The number of hydrogen-bond acceptors (Lipinski definition) is 5. The number of hydrogen-bond donors (Lipinski definition) is 4. The third-order valence-electron chi connectivity index (χ3n) is 3.49. The normalized spacial score (nSPS) is 14.6. The van der Waals surface area contributed by atoms with Crippen molar-refractivity contribution in [2.24, 2.45) is 5.73 Å². The predicted molar refractivity (Wildman–Crippen MR) is 86.4 cm³/mol. The van der Waals surface area contributed by atoms with Gasteiger partial charge in [0, 0.05) is 16.8 Å². The number of carbonyl (C=O) groups excluding carboxylic acids is 1. The maximum atomic E-state index is 12.6. The van der Waals surface area contributed by atoms with Crippen LogP contribution in [-0.4, -0.2) is 20.3 Å². The molecule has 1 aliphatic heterocycles. The molecule has 0 bridgehead atoms. The zero-order chi connectivity index (χ0) is 16.6. The number of guanidine groups is 1. The molecular formula is C15H14N4O3S. The summed E-state index contributed by atoms with van der Waals surface area (Å²) < 4.78 is 25.2. The number of fused-ring (bicyclic) bond motifs is 2. The average Bonchev–Trinajstić information content (AvgIpc) is 2.59. The van der Waals surface area contributed by atoms with E-state index in [1.807, 2.05) is 0 Å². The Labute approximate surface area is 132 Å². The first-order valence-electron chi connectivity index (χ1n) is 6.74. The topological polar surface area (TPSA) is 125 Å². The van der Waals surface area contributed by atoms with E-state index >= 15 is 0 Å². The second-order valence-electron chi connectivity index (χ2n) is 5.08. The van der Waals surface area contributed by atoms with Crippen LogP contribution in [-0.2, 0) is 15.6 Å². The fourth-order valence-electron chi connectivity index (χ4n) is 2.52. The lowest BCUT2D eigenvalue weighted by Gasteiger charge is -2.12. The van der Waals surface area contributed by atoms with Crippen LogP contribution in [0.25, 0.3) is 0 Å². The highest BCUT2D eigenvalue weighted by molar-refractivity contribution is 7.90. The van der Waals surface area contributed by atoms with Crippen LogP contribution in [0.5, 0.6) is 0 Å². The Morgan fingerprint density at radius 1 is 1.13 bits per heavy atom. The van der Waals surface area contributed by atoms with Crippen molar-refractivity contribution < 1.29 is 13.2 Å². The molecule has 0 unspecified atom stereocenters. The van der Waals surface area contributed by atoms with Gasteiger partial charge in [0.1, 0.15) is 0 Å². The first-order chi connectivity index (χ1) is 10.9. The van der Waals surface area contributed by atoms with E-state index in [-0.39, 0.29) is 16.2 Å². The highest BCUT2D eigenvalue weighted by Gasteiger charge is 2.28. The molecule has 2 aromatic rings. The van der Waals surface area contributed by atoms with Gasteiger partial charge in [0.15, 0.2) is 15.8 Å². The summed E-state index contributed by atoms with van der Waals surface area (Å²) in [7, 11) is -3.60. The van der Waals surface area contributed by atoms with Gasteiger partial charge in [0.05, 0.1) is 16.3 Å². The summed E-state index contributed by atoms with van der Waals surface area (Å²) in [6, 6.07) is 11.4. The van der Waals surface area contributed by atoms with Crippen LogP contribution in [0.4, 0.5) is 11.4 Å². The molecule has 23 heavy (non-hydrogen) atoms. The fraction of sp³-hybridized carbons (Fsp3) is 0.0667. The lowest BCUT2D eigenvalue weighted by Crippen LogP contribution is -2.36. The molecule has 0 radical (unpaired) electrons. The van der Waals surface area contributed by atoms with Crippen LogP contribution in [0.1, 0.15) is 15.9 Å². The molecule has 1 amide bonds. The number of rotatable bonds is 1. The number of carbonyl (C=O) groups is 1. The van der Waals surface area contributed by atoms with Crippen LogP contribution in [0.3, 0.4) is 0 Å². The highest BCUT2D eigenvalue weighted by Crippen LogP contribution is 2.35. The van der Waals surface area contributed by atoms with Gasteiger partial charge in [-0.05, 0) is 24.3 Å². The van der Waals surface area contributed by atoms with Crippen LogP contribution in [0.2, 0.25) is 0 Å². The second kappa shape index (κ2) is 5.40. The number of nitrogens with two attached hydrogens (primary N) is 1. The zero-order valence-corrected chi connectivity index (χ0v) is 12.8. The van der Waals surface area contributed by atoms with Crippen LogP contribution < -0.4 is 16.4 Å². The summed E-state index contributed by atoms with van der Waals surface area (Å²) in [6.45, 7) is 0. The summed E-state index contributed by atoms with van der Waals surface area (Å²) in [4.78, 5) is 12.4. The minimum Gasteiger partial charge on any atom is -0.370 e. The standard InChI is InChI=1S/C15H14N4O3S/c16-15(17)19-14(20)9-4-3-6-11-10(9)8-23(21,22)13-7-2-1-5-12(13)18-11/h1-7,18H,8H2,(H4,16,17,19,20). The molecule has 0 aromatic heterocycles. The minimum absolute atomic E-state index is 0.168. The van der Waals surface area contributed by atoms with Gasteiger partial charge >= 0.3 is 0 Å². The second-order valence-corrected chi connectivity index (χ2v) is 7.04. The van der Waals surface area contributed by atoms with Crippen molar-refractivity contribution >= 4 is 33.1 Å². The summed E-state index contributed by atoms with van der Waals surface area (Å²) >= 11 is 0. The largest absolute Gasteiger partial charge is 0.370 e. The summed E-state index contributed by atoms with van der Waals surface area (Å²) in [5, 5.41) is 12.4. The van der Waals surface area contributed by atoms with Gasteiger partial charge in [-0.1, -0.05) is 18.2 Å². The number of para-hydroxylation sites is 1. The molecule has 0 fully saturated rings. The molecule has 118 valence electrons. The molecule has 7 nitrogen and oxygen atoms in total. The Bertz CT molecular complexity index is 922. The summed E-state index contributed by atoms with van der Waals surface area (Å²) in [5.41, 5.74) is 6.70. The monoisotopic (exact) mass is 330 g/mol. The van der Waals surface area contributed by atoms with E-state index in [9.17, 15) is 13.2 Å². The van der Waals surface area contributed by atoms with E-state index < -0.39 is 21.7 Å². The Kier molecular flexibility index (Phi) is 3.53. The number of benzene rings is 2. The maximum absolute atomic E-state index is 12.6. The van der Waals surface area contributed by atoms with Crippen molar-refractivity contribution in [3.8, 4) is 0 Å². The van der Waals surface area contributed by atoms with Gasteiger partial charge in [0.2, 0.25) is 0 Å². The molecule has 3 rings (SSSR count). The van der Waals surface area contributed by atoms with E-state index in [4.69, 9.17) is 11.1 Å². The molecule has 1 aliphatic rings. The van der Waals surface area contributed by atoms with Gasteiger partial charge in [-0.25, -0.2) is 8.42 Å². The summed E-state index contributed by atoms with van der Waals surface area (Å²) in [6.07, 6.45) is 0. The van der Waals surface area contributed by atoms with Gasteiger partial charge in [-0.2, -0.15) is 0 Å². The highest BCUT2D eigenvalue weighted by atomic mass is 32.2. The minimum atomic E-state index is -3.60. The lowest BCUT2D eigenvalue weighted by atomic mass is 10.1. The van der Waals surface area contributed by atoms with Crippen molar-refractivity contribution in [2.45, 2.75) is 10.6 Å². The van der Waals surface area contributed by atoms with Crippen molar-refractivity contribution in [3.63, 3.8) is 0 Å². The van der Waals surface area contributed by atoms with Gasteiger partial charge in [-0.15, -0.1) is 0 Å². The SMILES string of the molecule is N=C(N)NC(=O)c1cccc2c1CS(=O)(=O)c1ccccc1N2. The molecule has 0 atom stereocenters. The van der Waals surface area contributed by atoms with Crippen molar-refractivity contribution in [3.05, 3.63) is 53.6 Å². The van der Waals surface area contributed by atoms with Crippen LogP contribution in [0.15, 0.2) is 47.4 Å². The molecule has 0 saturated carbocycles. The molecule has 8 heteroatoms. The average molecular weight is 330 g/mol. The van der Waals surface area contributed by atoms with E-state index in [1.54, 1.807) is 30.3 Å². The van der Waals surface area contributed by atoms with E-state index in [2.05, 4.69) is 10.6 Å². The summed E-state index contributed by atoms with van der Waals surface area (Å²) in [5.74, 6) is -1.42. The Morgan fingerprint density at radius 2 is 1.83 bits per heavy atom. The number of nitrogens with one attached hydrogen (secondary N) is 3. The Balaban J connectivity index is 2.16. The molecule has 0 spiro atoms. The molecule has 1 heterocycles. The van der Waals surface area contributed by atoms with E-state index in [0.717, 1.165) is 0 Å². The molecule has 2 aromatic carbocycles.